The smallest absolute Gasteiger partial charge is 0.182 e. The summed E-state index contributed by atoms with van der Waals surface area (Å²) in [5, 5.41) is 11.0. The number of ether oxygens (including phenoxy) is 1. The molecule has 0 aliphatic carbocycles. The van der Waals surface area contributed by atoms with Crippen LogP contribution in [0.3, 0.4) is 0 Å². The molecular formula is C29H39BrN2O3. The molecular weight excluding hydrogens is 504 g/mol. The van der Waals surface area contributed by atoms with E-state index in [1.165, 1.54) is 5.56 Å². The Labute approximate surface area is 218 Å². The van der Waals surface area contributed by atoms with E-state index in [0.717, 1.165) is 36.3 Å². The zero-order chi connectivity index (χ0) is 25.8. The summed E-state index contributed by atoms with van der Waals surface area (Å²) in [6.07, 6.45) is 1.81. The van der Waals surface area contributed by atoms with Crippen LogP contribution in [-0.2, 0) is 22.2 Å². The summed E-state index contributed by atoms with van der Waals surface area (Å²) < 4.78 is 10.3. The van der Waals surface area contributed by atoms with Crippen LogP contribution >= 0.6 is 16.1 Å². The van der Waals surface area contributed by atoms with Gasteiger partial charge in [0.1, 0.15) is 11.6 Å². The second kappa shape index (κ2) is 11.3. The molecule has 1 atom stereocenters. The average molecular weight is 544 g/mol. The van der Waals surface area contributed by atoms with Crippen LogP contribution in [0.1, 0.15) is 81.4 Å². The molecule has 2 aromatic carbocycles. The number of hydrogen-bond acceptors (Lipinski definition) is 4. The molecule has 1 heterocycles. The van der Waals surface area contributed by atoms with E-state index in [-0.39, 0.29) is 29.1 Å². The van der Waals surface area contributed by atoms with Gasteiger partial charge in [-0.25, -0.2) is 0 Å². The Morgan fingerprint density at radius 2 is 1.69 bits per heavy atom. The van der Waals surface area contributed by atoms with Crippen molar-refractivity contribution in [2.45, 2.75) is 71.8 Å². The highest BCUT2D eigenvalue weighted by atomic mass is 79.9. The van der Waals surface area contributed by atoms with Crippen molar-refractivity contribution in [3.05, 3.63) is 64.7 Å². The van der Waals surface area contributed by atoms with E-state index in [4.69, 9.17) is 4.74 Å². The monoisotopic (exact) mass is 542 g/mol. The van der Waals surface area contributed by atoms with Crippen molar-refractivity contribution in [2.24, 2.45) is 9.94 Å². The lowest BCUT2D eigenvalue weighted by atomic mass is 9.78. The van der Waals surface area contributed by atoms with Crippen LogP contribution in [0.2, 0.25) is 0 Å². The van der Waals surface area contributed by atoms with Crippen LogP contribution in [0.4, 0.5) is 0 Å². The number of likely N-dealkylation sites (tertiary alicyclic amines) is 1. The van der Waals surface area contributed by atoms with Gasteiger partial charge in [-0.1, -0.05) is 71.9 Å². The molecule has 0 amide bonds. The molecule has 0 bridgehead atoms. The van der Waals surface area contributed by atoms with E-state index < -0.39 is 0 Å². The number of phenolic OH excluding ortho intramolecular Hbond substituents is 1. The normalized spacial score (nSPS) is 17.9. The second-order valence-corrected chi connectivity index (χ2v) is 11.9. The molecule has 1 N–H and O–H groups in total. The third kappa shape index (κ3) is 6.95. The second-order valence-electron chi connectivity index (χ2n) is 11.5. The van der Waals surface area contributed by atoms with E-state index >= 15 is 0 Å². The van der Waals surface area contributed by atoms with Crippen molar-refractivity contribution >= 4 is 27.8 Å². The number of Topliss-reactive ketones (excluding diaryl/α,β-unsaturated/α-hetero) is 1. The zero-order valence-electron chi connectivity index (χ0n) is 21.9. The first kappa shape index (κ1) is 27.4. The number of carbonyl (C=O) groups excluding carboxylic acids is 1. The summed E-state index contributed by atoms with van der Waals surface area (Å²) in [5.74, 6) is 1.50. The molecule has 0 unspecified atom stereocenters. The van der Waals surface area contributed by atoms with Gasteiger partial charge in [0.2, 0.25) is 0 Å². The Balaban J connectivity index is 1.68. The number of aromatic hydroxyl groups is 1. The molecule has 0 aromatic heterocycles. The Hall–Kier alpha value is -2.18. The highest BCUT2D eigenvalue weighted by Crippen LogP contribution is 2.40. The highest BCUT2D eigenvalue weighted by molar-refractivity contribution is 9.08. The average Bonchev–Trinajstić information content (AvgIpc) is 3.17. The summed E-state index contributed by atoms with van der Waals surface area (Å²) >= 11 is 3.30. The van der Waals surface area contributed by atoms with Crippen LogP contribution < -0.4 is 0 Å². The minimum atomic E-state index is -0.276. The first-order valence-electron chi connectivity index (χ1n) is 12.4. The van der Waals surface area contributed by atoms with Gasteiger partial charge in [0, 0.05) is 35.8 Å². The van der Waals surface area contributed by atoms with Crippen LogP contribution in [0.25, 0.3) is 0 Å². The van der Waals surface area contributed by atoms with Gasteiger partial charge in [0.15, 0.2) is 5.78 Å². The van der Waals surface area contributed by atoms with Crippen LogP contribution in [0.5, 0.6) is 5.75 Å². The van der Waals surface area contributed by atoms with Crippen LogP contribution in [0, 0.1) is 5.92 Å². The maximum absolute atomic E-state index is 13.4. The fraction of sp³-hybridized carbons (Fsp3) is 0.517. The van der Waals surface area contributed by atoms with E-state index in [1.54, 1.807) is 0 Å². The minimum Gasteiger partial charge on any atom is -0.507 e. The summed E-state index contributed by atoms with van der Waals surface area (Å²) in [6.45, 7) is 14.7. The lowest BCUT2D eigenvalue weighted by molar-refractivity contribution is 0.0966. The zero-order valence-corrected chi connectivity index (χ0v) is 23.5. The van der Waals surface area contributed by atoms with Crippen LogP contribution in [0.15, 0.2) is 46.5 Å². The van der Waals surface area contributed by atoms with E-state index in [9.17, 15) is 9.90 Å². The van der Waals surface area contributed by atoms with Crippen molar-refractivity contribution in [1.29, 1.82) is 0 Å². The number of carbonyl (C=O) groups is 1. The number of hydrogen-bond donors (Lipinski definition) is 1. The van der Waals surface area contributed by atoms with Crippen molar-refractivity contribution in [3.8, 4) is 5.75 Å². The molecule has 1 aliphatic heterocycles. The molecule has 1 fully saturated rings. The summed E-state index contributed by atoms with van der Waals surface area (Å²) in [4.78, 5) is 15.5. The van der Waals surface area contributed by atoms with E-state index in [0.29, 0.717) is 24.5 Å². The minimum absolute atomic E-state index is 0.0376. The molecule has 0 saturated carbocycles. The van der Waals surface area contributed by atoms with Gasteiger partial charge >= 0.3 is 0 Å². The third-order valence-corrected chi connectivity index (χ3v) is 6.99. The quantitative estimate of drug-likeness (QED) is 0.294. The summed E-state index contributed by atoms with van der Waals surface area (Å²) in [6, 6.07) is 13.9. The number of rotatable bonds is 8. The molecule has 1 saturated heterocycles. The van der Waals surface area contributed by atoms with Gasteiger partial charge < -0.3 is 14.7 Å². The number of ketones is 1. The van der Waals surface area contributed by atoms with E-state index in [1.807, 2.05) is 30.3 Å². The van der Waals surface area contributed by atoms with Gasteiger partial charge in [-0.15, -0.1) is 0 Å². The lowest BCUT2D eigenvalue weighted by Gasteiger charge is -2.28. The topological polar surface area (TPSA) is 62.1 Å². The molecule has 0 spiro atoms. The van der Waals surface area contributed by atoms with Crippen LogP contribution in [-0.4, -0.2) is 41.3 Å². The molecule has 3 rings (SSSR count). The third-order valence-electron chi connectivity index (χ3n) is 6.63. The summed E-state index contributed by atoms with van der Waals surface area (Å²) in [5.41, 5.74) is 2.86. The van der Waals surface area contributed by atoms with Crippen molar-refractivity contribution in [1.82, 2.24) is 4.90 Å². The van der Waals surface area contributed by atoms with Crippen molar-refractivity contribution in [2.75, 3.05) is 19.7 Å². The number of phenols is 1. The number of amidine groups is 1. The highest BCUT2D eigenvalue weighted by Gasteiger charge is 2.32. The lowest BCUT2D eigenvalue weighted by Crippen LogP contribution is -2.33. The molecule has 0 radical (unpaired) electrons. The van der Waals surface area contributed by atoms with Gasteiger partial charge in [-0.3, -0.25) is 4.79 Å². The fourth-order valence-electron chi connectivity index (χ4n) is 4.56. The Morgan fingerprint density at radius 1 is 1.09 bits per heavy atom. The molecule has 2 aromatic rings. The van der Waals surface area contributed by atoms with Gasteiger partial charge in [-0.2, -0.15) is 4.02 Å². The van der Waals surface area contributed by atoms with E-state index in [2.05, 4.69) is 78.7 Å². The summed E-state index contributed by atoms with van der Waals surface area (Å²) in [7, 11) is 0. The number of halogens is 1. The molecule has 1 aliphatic rings. The molecule has 6 heteroatoms. The predicted molar refractivity (Wildman–Crippen MR) is 147 cm³/mol. The van der Waals surface area contributed by atoms with Gasteiger partial charge in [0.05, 0.1) is 29.3 Å². The largest absolute Gasteiger partial charge is 0.507 e. The maximum Gasteiger partial charge on any atom is 0.182 e. The fourth-order valence-corrected chi connectivity index (χ4v) is 5.08. The Bertz CT molecular complexity index is 1020. The Morgan fingerprint density at radius 3 is 2.23 bits per heavy atom. The number of nitrogens with zero attached hydrogens (tertiary/aromatic N) is 2. The standard InChI is InChI=1S/C29H39BrN2O3/c1-28(2,3)23-16-22(17-24(26(23)34)29(4,5)6)25(33)18-32-14-12-21(27(32)31-30)13-15-35-19-20-10-8-7-9-11-20/h7-11,16-17,21,34H,12-15,18-19H2,1-6H3/b31-27-/t21-/m0/s1. The SMILES string of the molecule is CC(C)(C)c1cc(C(=O)CN2CC[C@@H](CCOCc3ccccc3)/C2=N/Br)cc(C(C)(C)C)c1O. The first-order chi connectivity index (χ1) is 16.4. The van der Waals surface area contributed by atoms with Crippen molar-refractivity contribution < 1.29 is 14.6 Å². The van der Waals surface area contributed by atoms with Gasteiger partial charge in [0.25, 0.3) is 0 Å². The molecule has 5 nitrogen and oxygen atoms in total. The Kier molecular flexibility index (Phi) is 8.81. The predicted octanol–water partition coefficient (Wildman–Crippen LogP) is 6.81. The number of benzene rings is 2. The molecule has 35 heavy (non-hydrogen) atoms. The van der Waals surface area contributed by atoms with Gasteiger partial charge in [-0.05, 0) is 41.4 Å². The first-order valence-corrected chi connectivity index (χ1v) is 13.1. The maximum atomic E-state index is 13.4. The van der Waals surface area contributed by atoms with Crippen molar-refractivity contribution in [3.63, 3.8) is 0 Å². The molecule has 190 valence electrons.